The van der Waals surface area contributed by atoms with E-state index in [0.717, 1.165) is 19.4 Å². The molecule has 1 aliphatic heterocycles. The molecule has 2 heterocycles. The highest BCUT2D eigenvalue weighted by atomic mass is 16.5. The van der Waals surface area contributed by atoms with Crippen LogP contribution >= 0.6 is 0 Å². The largest absolute Gasteiger partial charge is 0.491 e. The van der Waals surface area contributed by atoms with Crippen molar-refractivity contribution in [2.75, 3.05) is 26.9 Å². The van der Waals surface area contributed by atoms with Crippen LogP contribution < -0.4 is 4.74 Å². The van der Waals surface area contributed by atoms with Crippen LogP contribution in [0.4, 0.5) is 0 Å². The Morgan fingerprint density at radius 2 is 1.87 bits per heavy atom. The lowest BCUT2D eigenvalue weighted by molar-refractivity contribution is 0.0472. The lowest BCUT2D eigenvalue weighted by atomic mass is 10.1. The van der Waals surface area contributed by atoms with E-state index < -0.39 is 24.3 Å². The van der Waals surface area contributed by atoms with Gasteiger partial charge in [-0.2, -0.15) is 0 Å². The molecule has 8 nitrogen and oxygen atoms in total. The van der Waals surface area contributed by atoms with Gasteiger partial charge in [-0.15, -0.1) is 0 Å². The average molecular weight is 415 g/mol. The second-order valence-electron chi connectivity index (χ2n) is 7.09. The molecule has 1 aromatic carbocycles. The second-order valence-corrected chi connectivity index (χ2v) is 7.09. The molecule has 1 saturated heterocycles. The number of Topliss-reactive ketones (excluding diaryl/α,β-unsaturated/α-hetero) is 1. The maximum absolute atomic E-state index is 12.5. The van der Waals surface area contributed by atoms with E-state index in [-0.39, 0.29) is 11.8 Å². The summed E-state index contributed by atoms with van der Waals surface area (Å²) in [6.45, 7) is 4.10. The van der Waals surface area contributed by atoms with Gasteiger partial charge in [-0.1, -0.05) is 0 Å². The van der Waals surface area contributed by atoms with Crippen LogP contribution in [-0.2, 0) is 14.2 Å². The van der Waals surface area contributed by atoms with Crippen molar-refractivity contribution in [1.29, 1.82) is 0 Å². The molecule has 1 aliphatic rings. The summed E-state index contributed by atoms with van der Waals surface area (Å²) >= 11 is 0. The van der Waals surface area contributed by atoms with Crippen LogP contribution in [0.2, 0.25) is 0 Å². The number of aromatic nitrogens is 1. The molecule has 1 aromatic heterocycles. The first-order valence-electron chi connectivity index (χ1n) is 9.73. The standard InChI is InChI=1S/C22H25NO7/c1-13-19(22(26)27-3)14(2)23-20(13)18(24)12-30-21(25)15-6-8-16(9-7-15)29-11-17-5-4-10-28-17/h6-9,17,23H,4-5,10-12H2,1-3H3/t17-/m0/s1. The first kappa shape index (κ1) is 21.6. The number of ether oxygens (including phenoxy) is 4. The molecule has 0 unspecified atom stereocenters. The normalized spacial score (nSPS) is 15.6. The number of carbonyl (C=O) groups excluding carboxylic acids is 3. The number of ketones is 1. The topological polar surface area (TPSA) is 104 Å². The summed E-state index contributed by atoms with van der Waals surface area (Å²) in [4.78, 5) is 39.4. The molecular formula is C22H25NO7. The van der Waals surface area contributed by atoms with Crippen molar-refractivity contribution in [3.05, 3.63) is 52.3 Å². The average Bonchev–Trinajstić information content (AvgIpc) is 3.37. The fraction of sp³-hybridized carbons (Fsp3) is 0.409. The summed E-state index contributed by atoms with van der Waals surface area (Å²) in [5.74, 6) is -0.955. The number of hydrogen-bond acceptors (Lipinski definition) is 7. The monoisotopic (exact) mass is 415 g/mol. The van der Waals surface area contributed by atoms with Gasteiger partial charge in [-0.05, 0) is 56.5 Å². The number of benzene rings is 1. The third-order valence-corrected chi connectivity index (χ3v) is 4.99. The van der Waals surface area contributed by atoms with Crippen LogP contribution in [0.5, 0.6) is 5.75 Å². The number of rotatable bonds is 8. The first-order chi connectivity index (χ1) is 14.4. The van der Waals surface area contributed by atoms with E-state index in [0.29, 0.717) is 34.7 Å². The molecule has 30 heavy (non-hydrogen) atoms. The maximum Gasteiger partial charge on any atom is 0.339 e. The number of aryl methyl sites for hydroxylation is 1. The Kier molecular flexibility index (Phi) is 6.89. The second kappa shape index (κ2) is 9.58. The Bertz CT molecular complexity index is 924. The van der Waals surface area contributed by atoms with Crippen molar-refractivity contribution in [2.45, 2.75) is 32.8 Å². The smallest absolute Gasteiger partial charge is 0.339 e. The zero-order chi connectivity index (χ0) is 21.7. The highest BCUT2D eigenvalue weighted by Gasteiger charge is 2.23. The first-order valence-corrected chi connectivity index (χ1v) is 9.73. The van der Waals surface area contributed by atoms with Gasteiger partial charge in [-0.25, -0.2) is 9.59 Å². The van der Waals surface area contributed by atoms with Gasteiger partial charge in [0.25, 0.3) is 0 Å². The molecule has 0 saturated carbocycles. The van der Waals surface area contributed by atoms with Crippen molar-refractivity contribution in [3.63, 3.8) is 0 Å². The molecule has 0 amide bonds. The fourth-order valence-electron chi connectivity index (χ4n) is 3.38. The van der Waals surface area contributed by atoms with Crippen LogP contribution in [0.25, 0.3) is 0 Å². The van der Waals surface area contributed by atoms with Crippen LogP contribution in [0.15, 0.2) is 24.3 Å². The highest BCUT2D eigenvalue weighted by molar-refractivity contribution is 6.03. The number of nitrogens with one attached hydrogen (secondary N) is 1. The van der Waals surface area contributed by atoms with Gasteiger partial charge in [0.15, 0.2) is 6.61 Å². The molecule has 0 bridgehead atoms. The van der Waals surface area contributed by atoms with E-state index in [1.54, 1.807) is 38.1 Å². The predicted octanol–water partition coefficient (Wildman–Crippen LogP) is 3.02. The molecule has 0 aliphatic carbocycles. The van der Waals surface area contributed by atoms with Gasteiger partial charge in [0.05, 0.1) is 30.0 Å². The van der Waals surface area contributed by atoms with Crippen molar-refractivity contribution in [3.8, 4) is 5.75 Å². The summed E-state index contributed by atoms with van der Waals surface area (Å²) in [7, 11) is 1.27. The molecule has 160 valence electrons. The molecule has 1 fully saturated rings. The summed E-state index contributed by atoms with van der Waals surface area (Å²) in [6.07, 6.45) is 2.14. The summed E-state index contributed by atoms with van der Waals surface area (Å²) in [6, 6.07) is 6.51. The van der Waals surface area contributed by atoms with Gasteiger partial charge in [0.2, 0.25) is 5.78 Å². The zero-order valence-corrected chi connectivity index (χ0v) is 17.3. The molecule has 1 N–H and O–H groups in total. The van der Waals surface area contributed by atoms with Crippen LogP contribution in [0.1, 0.15) is 55.3 Å². The number of hydrogen-bond donors (Lipinski definition) is 1. The Morgan fingerprint density at radius 1 is 1.13 bits per heavy atom. The van der Waals surface area contributed by atoms with E-state index in [9.17, 15) is 14.4 Å². The third-order valence-electron chi connectivity index (χ3n) is 4.99. The lowest BCUT2D eigenvalue weighted by Crippen LogP contribution is -2.17. The molecule has 0 radical (unpaired) electrons. The third kappa shape index (κ3) is 4.88. The molecule has 0 spiro atoms. The lowest BCUT2D eigenvalue weighted by Gasteiger charge is -2.11. The molecule has 1 atom stereocenters. The van der Waals surface area contributed by atoms with E-state index >= 15 is 0 Å². The Balaban J connectivity index is 1.55. The van der Waals surface area contributed by atoms with Crippen LogP contribution in [-0.4, -0.2) is 55.7 Å². The summed E-state index contributed by atoms with van der Waals surface area (Å²) < 4.78 is 21.0. The summed E-state index contributed by atoms with van der Waals surface area (Å²) in [5.41, 5.74) is 1.83. The Morgan fingerprint density at radius 3 is 2.50 bits per heavy atom. The minimum Gasteiger partial charge on any atom is -0.491 e. The number of carbonyl (C=O) groups is 3. The minimum atomic E-state index is -0.622. The molecule has 2 aromatic rings. The van der Waals surface area contributed by atoms with E-state index in [1.165, 1.54) is 7.11 Å². The van der Waals surface area contributed by atoms with Crippen LogP contribution in [0.3, 0.4) is 0 Å². The van der Waals surface area contributed by atoms with Gasteiger partial charge < -0.3 is 23.9 Å². The quantitative estimate of drug-likeness (QED) is 0.522. The van der Waals surface area contributed by atoms with E-state index in [2.05, 4.69) is 4.98 Å². The van der Waals surface area contributed by atoms with Crippen molar-refractivity contribution in [2.24, 2.45) is 0 Å². The number of methoxy groups -OCH3 is 1. The zero-order valence-electron chi connectivity index (χ0n) is 17.3. The highest BCUT2D eigenvalue weighted by Crippen LogP contribution is 2.20. The Hall–Kier alpha value is -3.13. The van der Waals surface area contributed by atoms with Crippen LogP contribution in [0, 0.1) is 13.8 Å². The van der Waals surface area contributed by atoms with E-state index in [4.69, 9.17) is 18.9 Å². The minimum absolute atomic E-state index is 0.112. The van der Waals surface area contributed by atoms with Gasteiger partial charge in [0, 0.05) is 12.3 Å². The maximum atomic E-state index is 12.5. The van der Waals surface area contributed by atoms with Crippen molar-refractivity contribution >= 4 is 17.7 Å². The van der Waals surface area contributed by atoms with Gasteiger partial charge >= 0.3 is 11.9 Å². The SMILES string of the molecule is COC(=O)c1c(C)[nH]c(C(=O)COC(=O)c2ccc(OC[C@@H]3CCCO3)cc2)c1C. The van der Waals surface area contributed by atoms with Crippen molar-refractivity contribution in [1.82, 2.24) is 4.98 Å². The number of aromatic amines is 1. The van der Waals surface area contributed by atoms with Gasteiger partial charge in [0.1, 0.15) is 12.4 Å². The number of H-pyrrole nitrogens is 1. The van der Waals surface area contributed by atoms with E-state index in [1.807, 2.05) is 0 Å². The summed E-state index contributed by atoms with van der Waals surface area (Å²) in [5, 5.41) is 0. The van der Waals surface area contributed by atoms with Crippen molar-refractivity contribution < 1.29 is 33.3 Å². The molecular weight excluding hydrogens is 390 g/mol. The molecule has 8 heteroatoms. The number of esters is 2. The Labute approximate surface area is 174 Å². The van der Waals surface area contributed by atoms with Gasteiger partial charge in [-0.3, -0.25) is 4.79 Å². The fourth-order valence-corrected chi connectivity index (χ4v) is 3.38. The predicted molar refractivity (Wildman–Crippen MR) is 107 cm³/mol. The molecule has 3 rings (SSSR count).